The number of hydrogen-bond acceptors (Lipinski definition) is 2. The van der Waals surface area contributed by atoms with Crippen molar-refractivity contribution in [1.82, 2.24) is 10.6 Å². The monoisotopic (exact) mass is 156 g/mol. The molecule has 1 atom stereocenters. The quantitative estimate of drug-likeness (QED) is 0.634. The lowest BCUT2D eigenvalue weighted by molar-refractivity contribution is 0.294. The van der Waals surface area contributed by atoms with Gasteiger partial charge in [0.15, 0.2) is 0 Å². The van der Waals surface area contributed by atoms with Gasteiger partial charge in [0.25, 0.3) is 0 Å². The molecule has 1 unspecified atom stereocenters. The Morgan fingerprint density at radius 2 is 2.27 bits per heavy atom. The lowest BCUT2D eigenvalue weighted by Crippen LogP contribution is -2.35. The van der Waals surface area contributed by atoms with E-state index in [0.29, 0.717) is 5.41 Å². The molecule has 2 nitrogen and oxygen atoms in total. The molecule has 0 aromatic carbocycles. The average molecular weight is 156 g/mol. The fourth-order valence-electron chi connectivity index (χ4n) is 1.76. The molecule has 1 aliphatic heterocycles. The van der Waals surface area contributed by atoms with E-state index in [9.17, 15) is 0 Å². The molecule has 0 saturated carbocycles. The van der Waals surface area contributed by atoms with E-state index in [1.807, 2.05) is 0 Å². The van der Waals surface area contributed by atoms with Gasteiger partial charge in [-0.25, -0.2) is 0 Å². The molecule has 1 rings (SSSR count). The van der Waals surface area contributed by atoms with Gasteiger partial charge in [-0.1, -0.05) is 13.8 Å². The maximum atomic E-state index is 3.44. The van der Waals surface area contributed by atoms with Crippen molar-refractivity contribution in [3.8, 4) is 0 Å². The molecule has 11 heavy (non-hydrogen) atoms. The van der Waals surface area contributed by atoms with E-state index in [2.05, 4.69) is 24.5 Å². The maximum Gasteiger partial charge on any atom is 0.00204 e. The first-order valence-electron chi connectivity index (χ1n) is 4.74. The maximum absolute atomic E-state index is 3.44. The van der Waals surface area contributed by atoms with Gasteiger partial charge < -0.3 is 10.6 Å². The molecule has 66 valence electrons. The lowest BCUT2D eigenvalue weighted by atomic mass is 9.84. The minimum atomic E-state index is 0.565. The molecule has 0 bridgehead atoms. The average Bonchev–Trinajstić information content (AvgIpc) is 2.50. The predicted molar refractivity (Wildman–Crippen MR) is 48.8 cm³/mol. The van der Waals surface area contributed by atoms with E-state index in [1.54, 1.807) is 0 Å². The second-order valence-electron chi connectivity index (χ2n) is 3.56. The van der Waals surface area contributed by atoms with Gasteiger partial charge in [-0.05, 0) is 31.3 Å². The summed E-state index contributed by atoms with van der Waals surface area (Å²) in [6.07, 6.45) is 2.64. The van der Waals surface area contributed by atoms with Crippen molar-refractivity contribution in [2.45, 2.75) is 26.7 Å². The normalized spacial score (nSPS) is 31.1. The molecule has 1 heterocycles. The summed E-state index contributed by atoms with van der Waals surface area (Å²) >= 11 is 0. The second-order valence-corrected chi connectivity index (χ2v) is 3.56. The van der Waals surface area contributed by atoms with Gasteiger partial charge in [-0.15, -0.1) is 0 Å². The number of nitrogens with one attached hydrogen (secondary N) is 2. The zero-order chi connectivity index (χ0) is 8.16. The highest BCUT2D eigenvalue weighted by molar-refractivity contribution is 4.88. The lowest BCUT2D eigenvalue weighted by Gasteiger charge is -2.26. The first kappa shape index (κ1) is 9.01. The van der Waals surface area contributed by atoms with Crippen LogP contribution in [0, 0.1) is 5.41 Å². The third-order valence-electron chi connectivity index (χ3n) is 2.83. The number of hydrogen-bond donors (Lipinski definition) is 2. The molecule has 0 aliphatic carbocycles. The topological polar surface area (TPSA) is 24.1 Å². The smallest absolute Gasteiger partial charge is 0.00204 e. The minimum Gasteiger partial charge on any atom is -0.316 e. The molecule has 1 aliphatic rings. The van der Waals surface area contributed by atoms with Crippen molar-refractivity contribution in [3.05, 3.63) is 0 Å². The van der Waals surface area contributed by atoms with Crippen LogP contribution in [0.1, 0.15) is 26.7 Å². The zero-order valence-electron chi connectivity index (χ0n) is 7.74. The SMILES string of the molecule is CCNCC1(CC)CCNC1. The second kappa shape index (κ2) is 4.07. The molecule has 1 saturated heterocycles. The predicted octanol–water partition coefficient (Wildman–Crippen LogP) is 0.986. The van der Waals surface area contributed by atoms with Crippen molar-refractivity contribution in [2.75, 3.05) is 26.2 Å². The first-order chi connectivity index (χ1) is 5.33. The molecule has 1 fully saturated rings. The minimum absolute atomic E-state index is 0.565. The number of rotatable bonds is 4. The van der Waals surface area contributed by atoms with E-state index in [1.165, 1.54) is 32.5 Å². The highest BCUT2D eigenvalue weighted by Gasteiger charge is 2.30. The van der Waals surface area contributed by atoms with Gasteiger partial charge in [0.05, 0.1) is 0 Å². The Kier molecular flexibility index (Phi) is 3.34. The van der Waals surface area contributed by atoms with Gasteiger partial charge in [-0.3, -0.25) is 0 Å². The fourth-order valence-corrected chi connectivity index (χ4v) is 1.76. The summed E-state index contributed by atoms with van der Waals surface area (Å²) in [6.45, 7) is 9.17. The highest BCUT2D eigenvalue weighted by atomic mass is 15.0. The molecule has 0 radical (unpaired) electrons. The van der Waals surface area contributed by atoms with Crippen LogP contribution in [-0.2, 0) is 0 Å². The molecule has 0 spiro atoms. The van der Waals surface area contributed by atoms with Gasteiger partial charge in [0.2, 0.25) is 0 Å². The van der Waals surface area contributed by atoms with Crippen LogP contribution in [0.25, 0.3) is 0 Å². The zero-order valence-corrected chi connectivity index (χ0v) is 7.74. The van der Waals surface area contributed by atoms with Crippen molar-refractivity contribution >= 4 is 0 Å². The summed E-state index contributed by atoms with van der Waals surface area (Å²) in [4.78, 5) is 0. The third-order valence-corrected chi connectivity index (χ3v) is 2.83. The Hall–Kier alpha value is -0.0800. The molecule has 0 aromatic rings. The van der Waals surface area contributed by atoms with Gasteiger partial charge in [0.1, 0.15) is 0 Å². The summed E-state index contributed by atoms with van der Waals surface area (Å²) in [6, 6.07) is 0. The van der Waals surface area contributed by atoms with Crippen LogP contribution >= 0.6 is 0 Å². The van der Waals surface area contributed by atoms with Crippen molar-refractivity contribution in [1.29, 1.82) is 0 Å². The van der Waals surface area contributed by atoms with Gasteiger partial charge in [0, 0.05) is 13.1 Å². The van der Waals surface area contributed by atoms with Crippen molar-refractivity contribution in [2.24, 2.45) is 5.41 Å². The van der Waals surface area contributed by atoms with Crippen LogP contribution in [0.4, 0.5) is 0 Å². The van der Waals surface area contributed by atoms with Gasteiger partial charge in [-0.2, -0.15) is 0 Å². The summed E-state index contributed by atoms with van der Waals surface area (Å²) in [7, 11) is 0. The molecule has 0 amide bonds. The van der Waals surface area contributed by atoms with Crippen LogP contribution < -0.4 is 10.6 Å². The van der Waals surface area contributed by atoms with E-state index >= 15 is 0 Å². The van der Waals surface area contributed by atoms with E-state index in [-0.39, 0.29) is 0 Å². The Morgan fingerprint density at radius 1 is 1.45 bits per heavy atom. The largest absolute Gasteiger partial charge is 0.316 e. The standard InChI is InChI=1S/C9H20N2/c1-3-9(7-10-4-2)5-6-11-8-9/h10-11H,3-8H2,1-2H3. The van der Waals surface area contributed by atoms with Crippen molar-refractivity contribution in [3.63, 3.8) is 0 Å². The highest BCUT2D eigenvalue weighted by Crippen LogP contribution is 2.27. The van der Waals surface area contributed by atoms with E-state index in [0.717, 1.165) is 6.54 Å². The molecular formula is C9H20N2. The fraction of sp³-hybridized carbons (Fsp3) is 1.00. The van der Waals surface area contributed by atoms with Crippen molar-refractivity contribution < 1.29 is 0 Å². The summed E-state index contributed by atoms with van der Waals surface area (Å²) in [5.74, 6) is 0. The molecule has 2 heteroatoms. The Labute approximate surface area is 69.8 Å². The van der Waals surface area contributed by atoms with Crippen LogP contribution in [0.5, 0.6) is 0 Å². The van der Waals surface area contributed by atoms with E-state index in [4.69, 9.17) is 0 Å². The Bertz CT molecular complexity index is 106. The molecule has 0 aromatic heterocycles. The van der Waals surface area contributed by atoms with Crippen LogP contribution in [0.3, 0.4) is 0 Å². The van der Waals surface area contributed by atoms with E-state index < -0.39 is 0 Å². The third kappa shape index (κ3) is 2.17. The summed E-state index contributed by atoms with van der Waals surface area (Å²) in [5, 5.41) is 6.87. The molecular weight excluding hydrogens is 136 g/mol. The van der Waals surface area contributed by atoms with Gasteiger partial charge >= 0.3 is 0 Å². The Morgan fingerprint density at radius 3 is 2.73 bits per heavy atom. The van der Waals surface area contributed by atoms with Crippen LogP contribution in [0.15, 0.2) is 0 Å². The summed E-state index contributed by atoms with van der Waals surface area (Å²) < 4.78 is 0. The van der Waals surface area contributed by atoms with Crippen LogP contribution in [-0.4, -0.2) is 26.2 Å². The first-order valence-corrected chi connectivity index (χ1v) is 4.74. The Balaban J connectivity index is 2.33. The molecule has 2 N–H and O–H groups in total. The summed E-state index contributed by atoms with van der Waals surface area (Å²) in [5.41, 5.74) is 0.565. The van der Waals surface area contributed by atoms with Crippen LogP contribution in [0.2, 0.25) is 0 Å².